The lowest BCUT2D eigenvalue weighted by Gasteiger charge is -2.22. The molecule has 1 amide bonds. The van der Waals surface area contributed by atoms with Gasteiger partial charge in [0.25, 0.3) is 5.91 Å². The molecule has 1 aliphatic heterocycles. The van der Waals surface area contributed by atoms with Crippen molar-refractivity contribution < 1.29 is 14.3 Å². The van der Waals surface area contributed by atoms with Crippen LogP contribution in [-0.2, 0) is 11.2 Å². The summed E-state index contributed by atoms with van der Waals surface area (Å²) in [5.74, 6) is 0.442. The van der Waals surface area contributed by atoms with Crippen molar-refractivity contribution in [1.82, 2.24) is 0 Å². The lowest BCUT2D eigenvalue weighted by molar-refractivity contribution is -0.124. The predicted octanol–water partition coefficient (Wildman–Crippen LogP) is 3.25. The molecular formula is C19H19NO3. The summed E-state index contributed by atoms with van der Waals surface area (Å²) < 4.78 is 5.75. The molecule has 0 aromatic heterocycles. The second-order valence-corrected chi connectivity index (χ2v) is 5.71. The van der Waals surface area contributed by atoms with Crippen LogP contribution in [0, 0.1) is 0 Å². The number of hydrogen-bond acceptors (Lipinski definition) is 3. The molecule has 0 bridgehead atoms. The molecule has 1 unspecified atom stereocenters. The molecule has 2 aromatic rings. The van der Waals surface area contributed by atoms with E-state index in [9.17, 15) is 9.59 Å². The highest BCUT2D eigenvalue weighted by Gasteiger charge is 2.28. The normalized spacial score (nSPS) is 14.3. The van der Waals surface area contributed by atoms with Crippen LogP contribution >= 0.6 is 0 Å². The van der Waals surface area contributed by atoms with Crippen LogP contribution in [0.1, 0.15) is 29.8 Å². The van der Waals surface area contributed by atoms with Crippen molar-refractivity contribution in [3.8, 4) is 5.75 Å². The number of nitrogens with zero attached hydrogens (tertiary/aromatic N) is 1. The first-order valence-corrected chi connectivity index (χ1v) is 7.73. The van der Waals surface area contributed by atoms with Crippen molar-refractivity contribution in [3.63, 3.8) is 0 Å². The van der Waals surface area contributed by atoms with Gasteiger partial charge in [0, 0.05) is 17.8 Å². The number of fused-ring (bicyclic) bond motifs is 1. The quantitative estimate of drug-likeness (QED) is 0.815. The number of ether oxygens (including phenoxy) is 1. The van der Waals surface area contributed by atoms with Crippen molar-refractivity contribution in [3.05, 3.63) is 59.7 Å². The Kier molecular flexibility index (Phi) is 4.15. The van der Waals surface area contributed by atoms with E-state index in [1.165, 1.54) is 12.5 Å². The maximum atomic E-state index is 12.7. The summed E-state index contributed by atoms with van der Waals surface area (Å²) in [4.78, 5) is 25.9. The smallest absolute Gasteiger partial charge is 0.267 e. The molecule has 3 rings (SSSR count). The number of ketones is 1. The minimum absolute atomic E-state index is 0.0251. The van der Waals surface area contributed by atoms with E-state index >= 15 is 0 Å². The summed E-state index contributed by atoms with van der Waals surface area (Å²) in [6, 6.07) is 14.9. The SMILES string of the molecule is CC(=O)c1cccc(OC(C)C(=O)N2CCc3ccccc32)c1. The molecular weight excluding hydrogens is 290 g/mol. The highest BCUT2D eigenvalue weighted by molar-refractivity contribution is 5.98. The van der Waals surface area contributed by atoms with Gasteiger partial charge in [-0.1, -0.05) is 30.3 Å². The summed E-state index contributed by atoms with van der Waals surface area (Å²) in [6.07, 6.45) is 0.262. The number of hydrogen-bond donors (Lipinski definition) is 0. The largest absolute Gasteiger partial charge is 0.481 e. The second kappa shape index (κ2) is 6.24. The minimum atomic E-state index is -0.608. The van der Waals surface area contributed by atoms with Gasteiger partial charge >= 0.3 is 0 Å². The van der Waals surface area contributed by atoms with Crippen LogP contribution in [0.15, 0.2) is 48.5 Å². The fraction of sp³-hybridized carbons (Fsp3) is 0.263. The summed E-state index contributed by atoms with van der Waals surface area (Å²) in [5.41, 5.74) is 2.73. The van der Waals surface area contributed by atoms with Gasteiger partial charge in [-0.3, -0.25) is 9.59 Å². The van der Waals surface area contributed by atoms with Crippen molar-refractivity contribution in [2.24, 2.45) is 0 Å². The molecule has 1 heterocycles. The number of para-hydroxylation sites is 1. The van der Waals surface area contributed by atoms with Gasteiger partial charge in [0.2, 0.25) is 0 Å². The fourth-order valence-electron chi connectivity index (χ4n) is 2.83. The van der Waals surface area contributed by atoms with Crippen LogP contribution < -0.4 is 9.64 Å². The van der Waals surface area contributed by atoms with Crippen LogP contribution in [0.5, 0.6) is 5.75 Å². The van der Waals surface area contributed by atoms with Gasteiger partial charge in [-0.2, -0.15) is 0 Å². The maximum Gasteiger partial charge on any atom is 0.267 e. The van der Waals surface area contributed by atoms with Gasteiger partial charge in [0.15, 0.2) is 11.9 Å². The molecule has 0 radical (unpaired) electrons. The van der Waals surface area contributed by atoms with E-state index in [1.807, 2.05) is 24.3 Å². The molecule has 1 atom stereocenters. The summed E-state index contributed by atoms with van der Waals surface area (Å²) in [5, 5.41) is 0. The summed E-state index contributed by atoms with van der Waals surface area (Å²) in [7, 11) is 0. The van der Waals surface area contributed by atoms with E-state index in [0.717, 1.165) is 12.1 Å². The third-order valence-corrected chi connectivity index (χ3v) is 4.05. The first kappa shape index (κ1) is 15.3. The molecule has 0 spiro atoms. The highest BCUT2D eigenvalue weighted by Crippen LogP contribution is 2.28. The number of amides is 1. The van der Waals surface area contributed by atoms with Gasteiger partial charge in [-0.25, -0.2) is 0 Å². The first-order chi connectivity index (χ1) is 11.1. The Hall–Kier alpha value is -2.62. The van der Waals surface area contributed by atoms with E-state index < -0.39 is 6.10 Å². The highest BCUT2D eigenvalue weighted by atomic mass is 16.5. The number of Topliss-reactive ketones (excluding diaryl/α,β-unsaturated/α-hetero) is 1. The topological polar surface area (TPSA) is 46.6 Å². The standard InChI is InChI=1S/C19H19NO3/c1-13(21)16-7-5-8-17(12-16)23-14(2)19(22)20-11-10-15-6-3-4-9-18(15)20/h3-9,12,14H,10-11H2,1-2H3. The number of carbonyl (C=O) groups excluding carboxylic acids is 2. The third kappa shape index (κ3) is 3.11. The van der Waals surface area contributed by atoms with E-state index in [4.69, 9.17) is 4.74 Å². The van der Waals surface area contributed by atoms with Crippen LogP contribution in [0.3, 0.4) is 0 Å². The van der Waals surface area contributed by atoms with Crippen LogP contribution in [0.25, 0.3) is 0 Å². The van der Waals surface area contributed by atoms with Gasteiger partial charge in [-0.15, -0.1) is 0 Å². The lowest BCUT2D eigenvalue weighted by atomic mass is 10.1. The average Bonchev–Trinajstić information content (AvgIpc) is 2.98. The molecule has 0 aliphatic carbocycles. The zero-order valence-corrected chi connectivity index (χ0v) is 13.3. The molecule has 4 heteroatoms. The Morgan fingerprint density at radius 3 is 2.70 bits per heavy atom. The van der Waals surface area contributed by atoms with Crippen LogP contribution in [0.2, 0.25) is 0 Å². The summed E-state index contributed by atoms with van der Waals surface area (Å²) >= 11 is 0. The van der Waals surface area contributed by atoms with E-state index in [0.29, 0.717) is 17.9 Å². The Labute approximate surface area is 135 Å². The molecule has 1 aliphatic rings. The zero-order valence-electron chi connectivity index (χ0n) is 13.3. The number of benzene rings is 2. The lowest BCUT2D eigenvalue weighted by Crippen LogP contribution is -2.39. The molecule has 0 saturated carbocycles. The van der Waals surface area contributed by atoms with Crippen LogP contribution in [-0.4, -0.2) is 24.3 Å². The van der Waals surface area contributed by atoms with Gasteiger partial charge < -0.3 is 9.64 Å². The molecule has 118 valence electrons. The number of carbonyl (C=O) groups is 2. The first-order valence-electron chi connectivity index (χ1n) is 7.73. The molecule has 2 aromatic carbocycles. The molecule has 4 nitrogen and oxygen atoms in total. The zero-order chi connectivity index (χ0) is 16.4. The molecule has 0 saturated heterocycles. The van der Waals surface area contributed by atoms with Crippen molar-refractivity contribution in [1.29, 1.82) is 0 Å². The molecule has 0 fully saturated rings. The van der Waals surface area contributed by atoms with Crippen molar-refractivity contribution in [2.75, 3.05) is 11.4 Å². The van der Waals surface area contributed by atoms with Gasteiger partial charge in [0.05, 0.1) is 0 Å². The monoisotopic (exact) mass is 309 g/mol. The Morgan fingerprint density at radius 1 is 1.13 bits per heavy atom. The number of rotatable bonds is 4. The average molecular weight is 309 g/mol. The predicted molar refractivity (Wildman–Crippen MR) is 89.0 cm³/mol. The van der Waals surface area contributed by atoms with E-state index in [2.05, 4.69) is 0 Å². The Bertz CT molecular complexity index is 754. The van der Waals surface area contributed by atoms with Crippen molar-refractivity contribution >= 4 is 17.4 Å². The Balaban J connectivity index is 1.74. The van der Waals surface area contributed by atoms with E-state index in [1.54, 1.807) is 36.1 Å². The van der Waals surface area contributed by atoms with Gasteiger partial charge in [-0.05, 0) is 44.0 Å². The van der Waals surface area contributed by atoms with E-state index in [-0.39, 0.29) is 11.7 Å². The molecule has 0 N–H and O–H groups in total. The Morgan fingerprint density at radius 2 is 1.91 bits per heavy atom. The van der Waals surface area contributed by atoms with Crippen molar-refractivity contribution in [2.45, 2.75) is 26.4 Å². The van der Waals surface area contributed by atoms with Gasteiger partial charge in [0.1, 0.15) is 5.75 Å². The molecule has 23 heavy (non-hydrogen) atoms. The maximum absolute atomic E-state index is 12.7. The van der Waals surface area contributed by atoms with Crippen LogP contribution in [0.4, 0.5) is 5.69 Å². The second-order valence-electron chi connectivity index (χ2n) is 5.71. The fourth-order valence-corrected chi connectivity index (χ4v) is 2.83. The summed E-state index contributed by atoms with van der Waals surface area (Å²) in [6.45, 7) is 3.93. The minimum Gasteiger partial charge on any atom is -0.481 e. The third-order valence-electron chi connectivity index (χ3n) is 4.05. The number of anilines is 1.